The molecule has 2 aromatic heterocycles. The lowest BCUT2D eigenvalue weighted by Gasteiger charge is -2.06. The van der Waals surface area contributed by atoms with Crippen LogP contribution in [0.15, 0.2) is 53.7 Å². The minimum absolute atomic E-state index is 0.0389. The van der Waals surface area contributed by atoms with Gasteiger partial charge >= 0.3 is 12.1 Å². The lowest BCUT2D eigenvalue weighted by molar-refractivity contribution is -0.167. The zero-order valence-electron chi connectivity index (χ0n) is 13.8. The first-order valence-electron chi connectivity index (χ1n) is 7.85. The standard InChI is InChI=1S/C17H15F3N4O2S/c18-17(19,20)16(26)23-14-10-24-9-12(4-5-15(24)22-14)11-2-1-3-13(8-11)27-21-6-7-25/h1-5,8-10,21,25H,6-7H2,(H,23,26). The van der Waals surface area contributed by atoms with Crippen LogP contribution in [0, 0.1) is 0 Å². The van der Waals surface area contributed by atoms with Crippen LogP contribution in [-0.2, 0) is 4.79 Å². The molecule has 3 rings (SSSR count). The number of halogens is 3. The zero-order chi connectivity index (χ0) is 19.4. The third kappa shape index (κ3) is 4.79. The molecular weight excluding hydrogens is 381 g/mol. The van der Waals surface area contributed by atoms with E-state index in [4.69, 9.17) is 5.11 Å². The molecule has 0 unspecified atom stereocenters. The Balaban J connectivity index is 1.82. The summed E-state index contributed by atoms with van der Waals surface area (Å²) in [4.78, 5) is 15.9. The Morgan fingerprint density at radius 2 is 2.00 bits per heavy atom. The Bertz CT molecular complexity index is 959. The Morgan fingerprint density at radius 3 is 2.74 bits per heavy atom. The van der Waals surface area contributed by atoms with Gasteiger partial charge < -0.3 is 14.8 Å². The van der Waals surface area contributed by atoms with Gasteiger partial charge in [-0.1, -0.05) is 12.1 Å². The molecule has 1 aromatic carbocycles. The first kappa shape index (κ1) is 19.2. The fraction of sp³-hybridized carbons (Fsp3) is 0.176. The summed E-state index contributed by atoms with van der Waals surface area (Å²) in [5.41, 5.74) is 2.15. The molecule has 27 heavy (non-hydrogen) atoms. The van der Waals surface area contributed by atoms with E-state index in [9.17, 15) is 18.0 Å². The van der Waals surface area contributed by atoms with Crippen molar-refractivity contribution in [2.75, 3.05) is 18.5 Å². The Hall–Kier alpha value is -2.56. The van der Waals surface area contributed by atoms with Crippen LogP contribution in [0.25, 0.3) is 16.8 Å². The highest BCUT2D eigenvalue weighted by Crippen LogP contribution is 2.25. The van der Waals surface area contributed by atoms with Gasteiger partial charge in [0.25, 0.3) is 0 Å². The molecule has 142 valence electrons. The third-order valence-corrected chi connectivity index (χ3v) is 4.36. The molecule has 0 aliphatic carbocycles. The average Bonchev–Trinajstić information content (AvgIpc) is 3.03. The fourth-order valence-electron chi connectivity index (χ4n) is 2.33. The number of amides is 1. The first-order valence-corrected chi connectivity index (χ1v) is 8.66. The van der Waals surface area contributed by atoms with Gasteiger partial charge in [0.15, 0.2) is 5.82 Å². The van der Waals surface area contributed by atoms with Gasteiger partial charge in [0.1, 0.15) is 5.65 Å². The Labute approximate surface area is 156 Å². The summed E-state index contributed by atoms with van der Waals surface area (Å²) in [5, 5.41) is 10.5. The minimum Gasteiger partial charge on any atom is -0.395 e. The lowest BCUT2D eigenvalue weighted by Crippen LogP contribution is -2.30. The summed E-state index contributed by atoms with van der Waals surface area (Å²) >= 11 is 1.39. The number of aliphatic hydroxyl groups is 1. The van der Waals surface area contributed by atoms with E-state index in [1.165, 1.54) is 18.1 Å². The van der Waals surface area contributed by atoms with E-state index in [1.807, 2.05) is 24.3 Å². The van der Waals surface area contributed by atoms with Gasteiger partial charge in [-0.25, -0.2) is 4.98 Å². The number of rotatable bonds is 6. The molecule has 0 radical (unpaired) electrons. The second-order valence-corrected chi connectivity index (χ2v) is 6.47. The van der Waals surface area contributed by atoms with Gasteiger partial charge in [0.05, 0.1) is 12.8 Å². The van der Waals surface area contributed by atoms with Crippen LogP contribution in [0.5, 0.6) is 0 Å². The first-order chi connectivity index (χ1) is 12.9. The molecule has 0 saturated heterocycles. The highest BCUT2D eigenvalue weighted by atomic mass is 32.2. The molecule has 6 nitrogen and oxygen atoms in total. The molecule has 0 saturated carbocycles. The zero-order valence-corrected chi connectivity index (χ0v) is 14.6. The largest absolute Gasteiger partial charge is 0.471 e. The topological polar surface area (TPSA) is 78.7 Å². The van der Waals surface area contributed by atoms with Crippen molar-refractivity contribution in [1.82, 2.24) is 14.1 Å². The van der Waals surface area contributed by atoms with Gasteiger partial charge in [0, 0.05) is 17.6 Å². The summed E-state index contributed by atoms with van der Waals surface area (Å²) in [5.74, 6) is -2.24. The maximum atomic E-state index is 12.4. The Morgan fingerprint density at radius 1 is 1.19 bits per heavy atom. The minimum atomic E-state index is -4.97. The van der Waals surface area contributed by atoms with Crippen LogP contribution in [0.4, 0.5) is 19.0 Å². The number of hydrogen-bond acceptors (Lipinski definition) is 5. The van der Waals surface area contributed by atoms with E-state index < -0.39 is 12.1 Å². The summed E-state index contributed by atoms with van der Waals surface area (Å²) in [7, 11) is 0. The molecule has 3 aromatic rings. The molecule has 2 heterocycles. The number of hydrogen-bond donors (Lipinski definition) is 3. The van der Waals surface area contributed by atoms with Crippen molar-refractivity contribution in [3.8, 4) is 11.1 Å². The van der Waals surface area contributed by atoms with Crippen LogP contribution < -0.4 is 10.0 Å². The van der Waals surface area contributed by atoms with Crippen molar-refractivity contribution in [3.63, 3.8) is 0 Å². The highest BCUT2D eigenvalue weighted by Gasteiger charge is 2.39. The Kier molecular flexibility index (Phi) is 5.68. The van der Waals surface area contributed by atoms with Gasteiger partial charge in [-0.3, -0.25) is 9.52 Å². The molecular formula is C17H15F3N4O2S. The predicted molar refractivity (Wildman–Crippen MR) is 96.3 cm³/mol. The van der Waals surface area contributed by atoms with E-state index in [-0.39, 0.29) is 12.4 Å². The molecule has 10 heteroatoms. The molecule has 0 aliphatic heterocycles. The van der Waals surface area contributed by atoms with E-state index >= 15 is 0 Å². The second kappa shape index (κ2) is 7.99. The summed E-state index contributed by atoms with van der Waals surface area (Å²) in [6, 6.07) is 11.1. The molecule has 0 bridgehead atoms. The molecule has 3 N–H and O–H groups in total. The number of benzene rings is 1. The quantitative estimate of drug-likeness (QED) is 0.441. The number of fused-ring (bicyclic) bond motifs is 1. The number of aliphatic hydroxyl groups excluding tert-OH is 1. The normalized spacial score (nSPS) is 11.7. The van der Waals surface area contributed by atoms with Crippen molar-refractivity contribution in [2.45, 2.75) is 11.1 Å². The molecule has 0 fully saturated rings. The van der Waals surface area contributed by atoms with Gasteiger partial charge in [0.2, 0.25) is 0 Å². The second-order valence-electron chi connectivity index (χ2n) is 5.51. The number of pyridine rings is 1. The summed E-state index contributed by atoms with van der Waals surface area (Å²) in [6.07, 6.45) is -1.93. The molecule has 0 spiro atoms. The maximum Gasteiger partial charge on any atom is 0.471 e. The van der Waals surface area contributed by atoms with Crippen LogP contribution in [0.2, 0.25) is 0 Å². The van der Waals surface area contributed by atoms with Crippen LogP contribution in [0.1, 0.15) is 0 Å². The van der Waals surface area contributed by atoms with E-state index in [2.05, 4.69) is 9.71 Å². The summed E-state index contributed by atoms with van der Waals surface area (Å²) in [6.45, 7) is 0.500. The molecule has 0 aliphatic rings. The molecule has 1 amide bonds. The van der Waals surface area contributed by atoms with Crippen LogP contribution in [0.3, 0.4) is 0 Å². The third-order valence-electron chi connectivity index (χ3n) is 3.52. The predicted octanol–water partition coefficient (Wildman–Crippen LogP) is 3.09. The summed E-state index contributed by atoms with van der Waals surface area (Å²) < 4.78 is 41.6. The average molecular weight is 396 g/mol. The number of aromatic nitrogens is 2. The number of anilines is 1. The van der Waals surface area contributed by atoms with Crippen molar-refractivity contribution in [3.05, 3.63) is 48.8 Å². The smallest absolute Gasteiger partial charge is 0.395 e. The van der Waals surface area contributed by atoms with Gasteiger partial charge in [-0.05, 0) is 47.3 Å². The number of imidazole rings is 1. The van der Waals surface area contributed by atoms with Gasteiger partial charge in [-0.15, -0.1) is 0 Å². The maximum absolute atomic E-state index is 12.4. The van der Waals surface area contributed by atoms with Gasteiger partial charge in [-0.2, -0.15) is 13.2 Å². The van der Waals surface area contributed by atoms with Crippen molar-refractivity contribution < 1.29 is 23.1 Å². The number of alkyl halides is 3. The van der Waals surface area contributed by atoms with Crippen molar-refractivity contribution in [1.29, 1.82) is 0 Å². The number of carbonyl (C=O) groups excluding carboxylic acids is 1. The number of nitrogens with one attached hydrogen (secondary N) is 2. The lowest BCUT2D eigenvalue weighted by atomic mass is 10.1. The molecule has 0 atom stereocenters. The van der Waals surface area contributed by atoms with E-state index in [0.717, 1.165) is 16.0 Å². The number of carbonyl (C=O) groups is 1. The van der Waals surface area contributed by atoms with Crippen LogP contribution in [-0.4, -0.2) is 39.7 Å². The van der Waals surface area contributed by atoms with Crippen LogP contribution >= 0.6 is 11.9 Å². The monoisotopic (exact) mass is 396 g/mol. The fourth-order valence-corrected chi connectivity index (χ4v) is 3.02. The van der Waals surface area contributed by atoms with E-state index in [1.54, 1.807) is 28.0 Å². The highest BCUT2D eigenvalue weighted by molar-refractivity contribution is 7.97. The van der Waals surface area contributed by atoms with Crippen molar-refractivity contribution in [2.24, 2.45) is 0 Å². The van der Waals surface area contributed by atoms with E-state index in [0.29, 0.717) is 12.2 Å². The SMILES string of the molecule is O=C(Nc1cn2cc(-c3cccc(SNCCO)c3)ccc2n1)C(F)(F)F. The van der Waals surface area contributed by atoms with Crippen molar-refractivity contribution >= 4 is 29.3 Å². The number of nitrogens with zero attached hydrogens (tertiary/aromatic N) is 2.